The lowest BCUT2D eigenvalue weighted by Gasteiger charge is -2.23. The lowest BCUT2D eigenvalue weighted by atomic mass is 9.96. The molecule has 2 N–H and O–H groups in total. The van der Waals surface area contributed by atoms with E-state index < -0.39 is 20.0 Å². The quantitative estimate of drug-likeness (QED) is 0.546. The molecule has 0 spiro atoms. The highest BCUT2D eigenvalue weighted by Gasteiger charge is 2.26. The first-order chi connectivity index (χ1) is 16.3. The molecule has 9 heteroatoms. The minimum Gasteiger partial charge on any atom is -0.497 e. The largest absolute Gasteiger partial charge is 0.497 e. The van der Waals surface area contributed by atoms with Gasteiger partial charge in [0.2, 0.25) is 20.0 Å². The van der Waals surface area contributed by atoms with E-state index in [4.69, 9.17) is 4.74 Å². The van der Waals surface area contributed by atoms with Gasteiger partial charge in [0.15, 0.2) is 0 Å². The zero-order chi connectivity index (χ0) is 24.2. The molecule has 7 nitrogen and oxygen atoms in total. The highest BCUT2D eigenvalue weighted by molar-refractivity contribution is 7.90. The first kappa shape index (κ1) is 25.2. The van der Waals surface area contributed by atoms with Crippen molar-refractivity contribution in [2.75, 3.05) is 7.11 Å². The first-order valence-corrected chi connectivity index (χ1v) is 15.1. The van der Waals surface area contributed by atoms with Gasteiger partial charge in [0, 0.05) is 23.7 Å². The van der Waals surface area contributed by atoms with Crippen molar-refractivity contribution in [2.24, 2.45) is 0 Å². The van der Waals surface area contributed by atoms with Crippen molar-refractivity contribution in [1.29, 1.82) is 0 Å². The van der Waals surface area contributed by atoms with Crippen LogP contribution in [0, 0.1) is 0 Å². The Bertz CT molecular complexity index is 1180. The van der Waals surface area contributed by atoms with Gasteiger partial charge in [0.1, 0.15) is 5.75 Å². The molecule has 0 unspecified atom stereocenters. The van der Waals surface area contributed by atoms with Crippen molar-refractivity contribution in [1.82, 2.24) is 9.44 Å². The van der Waals surface area contributed by atoms with Crippen LogP contribution in [0.4, 0.5) is 0 Å². The van der Waals surface area contributed by atoms with Crippen LogP contribution in [-0.2, 0) is 20.0 Å². The van der Waals surface area contributed by atoms with Crippen molar-refractivity contribution < 1.29 is 21.6 Å². The lowest BCUT2D eigenvalue weighted by molar-refractivity contribution is 0.409. The molecule has 34 heavy (non-hydrogen) atoms. The lowest BCUT2D eigenvalue weighted by Crippen LogP contribution is -2.36. The van der Waals surface area contributed by atoms with Gasteiger partial charge in [-0.3, -0.25) is 0 Å². The maximum absolute atomic E-state index is 13.3. The molecule has 0 aromatic heterocycles. The van der Waals surface area contributed by atoms with E-state index in [1.807, 2.05) is 0 Å². The molecule has 2 fully saturated rings. The highest BCUT2D eigenvalue weighted by atomic mass is 32.2. The maximum atomic E-state index is 13.3. The van der Waals surface area contributed by atoms with E-state index in [0.717, 1.165) is 64.2 Å². The van der Waals surface area contributed by atoms with Gasteiger partial charge in [-0.25, -0.2) is 26.3 Å². The van der Waals surface area contributed by atoms with Crippen LogP contribution in [0.3, 0.4) is 0 Å². The fourth-order valence-electron chi connectivity index (χ4n) is 4.92. The van der Waals surface area contributed by atoms with Crippen molar-refractivity contribution in [3.05, 3.63) is 42.5 Å². The minimum atomic E-state index is -3.79. The topological polar surface area (TPSA) is 102 Å². The average molecular weight is 507 g/mol. The summed E-state index contributed by atoms with van der Waals surface area (Å²) in [4.78, 5) is 0.313. The van der Waals surface area contributed by atoms with Crippen LogP contribution in [0.1, 0.15) is 64.2 Å². The maximum Gasteiger partial charge on any atom is 0.241 e. The summed E-state index contributed by atoms with van der Waals surface area (Å²) in [6, 6.07) is 11.2. The van der Waals surface area contributed by atoms with Crippen LogP contribution in [0.5, 0.6) is 5.75 Å². The van der Waals surface area contributed by atoms with Crippen molar-refractivity contribution in [3.63, 3.8) is 0 Å². The summed E-state index contributed by atoms with van der Waals surface area (Å²) in [6.07, 6.45) is 9.77. The molecule has 2 aromatic rings. The third kappa shape index (κ3) is 6.00. The number of hydrogen-bond acceptors (Lipinski definition) is 5. The molecule has 0 aliphatic heterocycles. The number of methoxy groups -OCH3 is 1. The van der Waals surface area contributed by atoms with Crippen LogP contribution >= 0.6 is 0 Å². The van der Waals surface area contributed by atoms with Gasteiger partial charge in [0.25, 0.3) is 0 Å². The van der Waals surface area contributed by atoms with E-state index in [2.05, 4.69) is 9.44 Å². The summed E-state index contributed by atoms with van der Waals surface area (Å²) >= 11 is 0. The van der Waals surface area contributed by atoms with Crippen molar-refractivity contribution in [2.45, 2.75) is 86.1 Å². The SMILES string of the molecule is COc1ccc(-c2ccc(S(=O)(=O)NC3CCCCC3)cc2)c(S(=O)(=O)NC2CCCCC2)c1. The Morgan fingerprint density at radius 2 is 1.24 bits per heavy atom. The number of rotatable bonds is 8. The molecule has 2 saturated carbocycles. The fourth-order valence-corrected chi connectivity index (χ4v) is 7.77. The van der Waals surface area contributed by atoms with E-state index in [9.17, 15) is 16.8 Å². The molecule has 2 aliphatic carbocycles. The molecule has 0 amide bonds. The van der Waals surface area contributed by atoms with Gasteiger partial charge >= 0.3 is 0 Å². The molecule has 0 saturated heterocycles. The van der Waals surface area contributed by atoms with E-state index in [-0.39, 0.29) is 21.9 Å². The first-order valence-electron chi connectivity index (χ1n) is 12.1. The smallest absolute Gasteiger partial charge is 0.241 e. The van der Waals surface area contributed by atoms with E-state index in [1.54, 1.807) is 24.3 Å². The Hall–Kier alpha value is -1.94. The molecule has 0 atom stereocenters. The Morgan fingerprint density at radius 1 is 0.706 bits per heavy atom. The molecule has 2 aromatic carbocycles. The van der Waals surface area contributed by atoms with Gasteiger partial charge in [-0.2, -0.15) is 0 Å². The van der Waals surface area contributed by atoms with Crippen LogP contribution in [0.2, 0.25) is 0 Å². The predicted octanol–water partition coefficient (Wildman–Crippen LogP) is 4.58. The molecule has 2 aliphatic rings. The number of sulfonamides is 2. The third-order valence-corrected chi connectivity index (χ3v) is 9.90. The minimum absolute atomic E-state index is 0.0253. The summed E-state index contributed by atoms with van der Waals surface area (Å²) in [5.74, 6) is 0.448. The zero-order valence-corrected chi connectivity index (χ0v) is 21.3. The van der Waals surface area contributed by atoms with Gasteiger partial charge in [-0.05, 0) is 55.5 Å². The normalized spacial score (nSPS) is 18.6. The number of ether oxygens (including phenoxy) is 1. The molecule has 0 bridgehead atoms. The number of hydrogen-bond donors (Lipinski definition) is 2. The second-order valence-electron chi connectivity index (χ2n) is 9.30. The summed E-state index contributed by atoms with van der Waals surface area (Å²) in [5.41, 5.74) is 1.14. The van der Waals surface area contributed by atoms with Crippen LogP contribution in [0.15, 0.2) is 52.3 Å². The predicted molar refractivity (Wildman–Crippen MR) is 133 cm³/mol. The Morgan fingerprint density at radius 3 is 1.76 bits per heavy atom. The molecular weight excluding hydrogens is 472 g/mol. The average Bonchev–Trinajstić information content (AvgIpc) is 2.84. The molecule has 0 radical (unpaired) electrons. The van der Waals surface area contributed by atoms with Gasteiger partial charge in [-0.15, -0.1) is 0 Å². The van der Waals surface area contributed by atoms with Gasteiger partial charge in [0.05, 0.1) is 16.9 Å². The number of nitrogens with one attached hydrogen (secondary N) is 2. The van der Waals surface area contributed by atoms with Crippen molar-refractivity contribution in [3.8, 4) is 16.9 Å². The van der Waals surface area contributed by atoms with Crippen LogP contribution < -0.4 is 14.2 Å². The van der Waals surface area contributed by atoms with E-state index in [1.165, 1.54) is 25.3 Å². The number of benzene rings is 2. The highest BCUT2D eigenvalue weighted by Crippen LogP contribution is 2.32. The Labute approximate surface area is 203 Å². The van der Waals surface area contributed by atoms with E-state index in [0.29, 0.717) is 16.9 Å². The van der Waals surface area contributed by atoms with Crippen LogP contribution in [0.25, 0.3) is 11.1 Å². The molecule has 4 rings (SSSR count). The second-order valence-corrected chi connectivity index (χ2v) is 12.7. The fraction of sp³-hybridized carbons (Fsp3) is 0.520. The summed E-state index contributed by atoms with van der Waals surface area (Å²) in [5, 5.41) is 0. The Balaban J connectivity index is 1.61. The molecular formula is C25H34N2O5S2. The summed E-state index contributed by atoms with van der Waals surface area (Å²) in [7, 11) is -5.92. The van der Waals surface area contributed by atoms with E-state index >= 15 is 0 Å². The molecule has 186 valence electrons. The van der Waals surface area contributed by atoms with Crippen LogP contribution in [-0.4, -0.2) is 36.0 Å². The van der Waals surface area contributed by atoms with Gasteiger partial charge < -0.3 is 4.74 Å². The second kappa shape index (κ2) is 10.8. The monoisotopic (exact) mass is 506 g/mol. The summed E-state index contributed by atoms with van der Waals surface area (Å²) < 4.78 is 63.3. The van der Waals surface area contributed by atoms with Crippen molar-refractivity contribution >= 4 is 20.0 Å². The Kier molecular flexibility index (Phi) is 7.97. The molecule has 0 heterocycles. The summed E-state index contributed by atoms with van der Waals surface area (Å²) in [6.45, 7) is 0. The van der Waals surface area contributed by atoms with Gasteiger partial charge in [-0.1, -0.05) is 50.7 Å². The third-order valence-electron chi connectivity index (χ3n) is 6.81. The standard InChI is InChI=1S/C25H34N2O5S2/c1-32-22-14-17-24(25(18-22)34(30,31)27-21-10-6-3-7-11-21)19-12-15-23(16-13-19)33(28,29)26-20-8-4-2-5-9-20/h12-18,20-21,26-27H,2-11H2,1H3. The zero-order valence-electron chi connectivity index (χ0n) is 19.6.